The van der Waals surface area contributed by atoms with E-state index in [-0.39, 0.29) is 0 Å². The quantitative estimate of drug-likeness (QED) is 0.176. The lowest BCUT2D eigenvalue weighted by atomic mass is 9.84. The molecule has 0 saturated heterocycles. The predicted octanol–water partition coefficient (Wildman–Crippen LogP) is 13.1. The van der Waals surface area contributed by atoms with Crippen LogP contribution in [0.15, 0.2) is 211 Å². The minimum absolute atomic E-state index is 0.862. The normalized spacial score (nSPS) is 13.5. The van der Waals surface area contributed by atoms with Crippen LogP contribution < -0.4 is 9.80 Å². The van der Waals surface area contributed by atoms with Gasteiger partial charge in [0.25, 0.3) is 0 Å². The number of para-hydroxylation sites is 3. The Morgan fingerprint density at radius 1 is 0.365 bits per heavy atom. The lowest BCUT2D eigenvalue weighted by Crippen LogP contribution is -2.51. The van der Waals surface area contributed by atoms with Gasteiger partial charge in [-0.3, -0.25) is 0 Å². The second-order valence-corrected chi connectivity index (χ2v) is 13.3. The summed E-state index contributed by atoms with van der Waals surface area (Å²) in [5.41, 5.74) is 12.2. The number of rotatable bonds is 6. The second kappa shape index (κ2) is 12.2. The topological polar surface area (TPSA) is 19.6 Å². The Morgan fingerprint density at radius 2 is 0.846 bits per heavy atom. The Hall–Kier alpha value is -6.84. The number of benzene rings is 8. The first-order valence-electron chi connectivity index (χ1n) is 17.8. The number of nitrogens with zero attached hydrogens (tertiary/aromatic N) is 2. The molecule has 2 heterocycles. The third-order valence-electron chi connectivity index (χ3n) is 10.4. The van der Waals surface area contributed by atoms with E-state index < -0.39 is 5.66 Å². The van der Waals surface area contributed by atoms with E-state index in [1.54, 1.807) is 0 Å². The van der Waals surface area contributed by atoms with Gasteiger partial charge in [0.2, 0.25) is 0 Å². The van der Waals surface area contributed by atoms with Crippen LogP contribution in [0.4, 0.5) is 22.7 Å². The van der Waals surface area contributed by atoms with Gasteiger partial charge in [-0.25, -0.2) is 0 Å². The standard InChI is InChI=1S/C49H34N2O/c1-5-17-35(18-6-1)37-21-15-23-39(33-37)49(40-24-16-22-38(34-40)36-19-7-2-8-20-36)50(41-25-9-3-10-26-41)44-31-32-46-47(43-29-13-14-30-45(43)52-46)48(44)51(49)42-27-11-4-12-28-42/h1-34H. The Morgan fingerprint density at radius 3 is 1.42 bits per heavy atom. The third kappa shape index (κ3) is 4.60. The van der Waals surface area contributed by atoms with Gasteiger partial charge in [-0.1, -0.05) is 152 Å². The summed E-state index contributed by atoms with van der Waals surface area (Å²) in [4.78, 5) is 5.11. The van der Waals surface area contributed by atoms with E-state index in [1.807, 2.05) is 6.07 Å². The zero-order valence-corrected chi connectivity index (χ0v) is 28.4. The summed E-state index contributed by atoms with van der Waals surface area (Å²) in [7, 11) is 0. The minimum Gasteiger partial charge on any atom is -0.456 e. The molecule has 1 aliphatic heterocycles. The molecule has 0 atom stereocenters. The molecule has 246 valence electrons. The van der Waals surface area contributed by atoms with Crippen molar-refractivity contribution in [3.05, 3.63) is 217 Å². The summed E-state index contributed by atoms with van der Waals surface area (Å²) in [6.07, 6.45) is 0. The van der Waals surface area contributed by atoms with Crippen LogP contribution in [0.3, 0.4) is 0 Å². The molecule has 0 N–H and O–H groups in total. The molecule has 0 amide bonds. The molecular weight excluding hydrogens is 633 g/mol. The van der Waals surface area contributed by atoms with Gasteiger partial charge in [0.15, 0.2) is 5.66 Å². The Kier molecular flexibility index (Phi) is 7.04. The number of fused-ring (bicyclic) bond motifs is 5. The first kappa shape index (κ1) is 30.0. The van der Waals surface area contributed by atoms with E-state index in [4.69, 9.17) is 4.42 Å². The van der Waals surface area contributed by atoms with Gasteiger partial charge in [0.05, 0.1) is 16.8 Å². The average molecular weight is 667 g/mol. The molecule has 1 aromatic heterocycles. The van der Waals surface area contributed by atoms with Gasteiger partial charge in [-0.2, -0.15) is 0 Å². The second-order valence-electron chi connectivity index (χ2n) is 13.3. The zero-order chi connectivity index (χ0) is 34.5. The molecule has 0 spiro atoms. The van der Waals surface area contributed by atoms with Crippen molar-refractivity contribution < 1.29 is 4.42 Å². The summed E-state index contributed by atoms with van der Waals surface area (Å²) < 4.78 is 6.59. The first-order chi connectivity index (χ1) is 25.8. The van der Waals surface area contributed by atoms with E-state index in [2.05, 4.69) is 210 Å². The fourth-order valence-electron chi connectivity index (χ4n) is 8.20. The van der Waals surface area contributed by atoms with Crippen LogP contribution in [0.5, 0.6) is 0 Å². The smallest absolute Gasteiger partial charge is 0.175 e. The van der Waals surface area contributed by atoms with Crippen LogP contribution in [0.2, 0.25) is 0 Å². The maximum absolute atomic E-state index is 6.59. The van der Waals surface area contributed by atoms with Crippen LogP contribution in [-0.2, 0) is 5.66 Å². The van der Waals surface area contributed by atoms with Crippen LogP contribution in [0.1, 0.15) is 11.1 Å². The minimum atomic E-state index is -0.882. The van der Waals surface area contributed by atoms with E-state index in [0.29, 0.717) is 0 Å². The molecule has 10 rings (SSSR count). The van der Waals surface area contributed by atoms with Crippen LogP contribution in [-0.4, -0.2) is 0 Å². The summed E-state index contributed by atoms with van der Waals surface area (Å²) in [5.74, 6) is 0. The third-order valence-corrected chi connectivity index (χ3v) is 10.4. The Bertz CT molecular complexity index is 2600. The van der Waals surface area contributed by atoms with Gasteiger partial charge in [0.1, 0.15) is 11.2 Å². The first-order valence-corrected chi connectivity index (χ1v) is 17.8. The molecule has 0 aliphatic carbocycles. The van der Waals surface area contributed by atoms with E-state index >= 15 is 0 Å². The van der Waals surface area contributed by atoms with Gasteiger partial charge >= 0.3 is 0 Å². The summed E-state index contributed by atoms with van der Waals surface area (Å²) in [6, 6.07) is 74.0. The largest absolute Gasteiger partial charge is 0.456 e. The highest BCUT2D eigenvalue weighted by Gasteiger charge is 2.55. The maximum Gasteiger partial charge on any atom is 0.175 e. The molecule has 0 bridgehead atoms. The van der Waals surface area contributed by atoms with E-state index in [1.165, 1.54) is 11.1 Å². The number of anilines is 4. The highest BCUT2D eigenvalue weighted by molar-refractivity contribution is 6.18. The van der Waals surface area contributed by atoms with Gasteiger partial charge in [-0.15, -0.1) is 0 Å². The highest BCUT2D eigenvalue weighted by atomic mass is 16.3. The fraction of sp³-hybridized carbons (Fsp3) is 0.0204. The van der Waals surface area contributed by atoms with Crippen LogP contribution >= 0.6 is 0 Å². The monoisotopic (exact) mass is 666 g/mol. The SMILES string of the molecule is c1ccc(-c2cccc(C3(c4cccc(-c5ccccc5)c4)N(c4ccccc4)c4ccc5oc6ccccc6c5c4N3c3ccccc3)c2)cc1. The zero-order valence-electron chi connectivity index (χ0n) is 28.4. The van der Waals surface area contributed by atoms with Gasteiger partial charge < -0.3 is 14.2 Å². The number of furan rings is 1. The molecule has 52 heavy (non-hydrogen) atoms. The van der Waals surface area contributed by atoms with Crippen LogP contribution in [0, 0.1) is 0 Å². The van der Waals surface area contributed by atoms with Crippen molar-refractivity contribution in [2.75, 3.05) is 9.80 Å². The van der Waals surface area contributed by atoms with Gasteiger partial charge in [0, 0.05) is 27.9 Å². The average Bonchev–Trinajstić information content (AvgIpc) is 3.76. The molecule has 0 fully saturated rings. The van der Waals surface area contributed by atoms with Crippen molar-refractivity contribution in [2.24, 2.45) is 0 Å². The van der Waals surface area contributed by atoms with Crippen LogP contribution in [0.25, 0.3) is 44.2 Å². The van der Waals surface area contributed by atoms with Crippen molar-refractivity contribution >= 4 is 44.7 Å². The molecule has 0 radical (unpaired) electrons. The van der Waals surface area contributed by atoms with Crippen molar-refractivity contribution in [3.8, 4) is 22.3 Å². The van der Waals surface area contributed by atoms with Crippen molar-refractivity contribution in [3.63, 3.8) is 0 Å². The molecule has 0 saturated carbocycles. The maximum atomic E-state index is 6.59. The molecule has 0 unspecified atom stereocenters. The van der Waals surface area contributed by atoms with E-state index in [9.17, 15) is 0 Å². The fourth-order valence-corrected chi connectivity index (χ4v) is 8.20. The molecule has 3 heteroatoms. The number of hydrogen-bond acceptors (Lipinski definition) is 3. The predicted molar refractivity (Wildman–Crippen MR) is 215 cm³/mol. The summed E-state index contributed by atoms with van der Waals surface area (Å²) >= 11 is 0. The number of hydrogen-bond donors (Lipinski definition) is 0. The van der Waals surface area contributed by atoms with Gasteiger partial charge in [-0.05, 0) is 76.9 Å². The summed E-state index contributed by atoms with van der Waals surface area (Å²) in [5, 5.41) is 2.19. The highest BCUT2D eigenvalue weighted by Crippen LogP contribution is 2.62. The van der Waals surface area contributed by atoms with Crippen molar-refractivity contribution in [2.45, 2.75) is 5.66 Å². The lowest BCUT2D eigenvalue weighted by molar-refractivity contribution is 0.560. The molecular formula is C49H34N2O. The molecule has 9 aromatic rings. The lowest BCUT2D eigenvalue weighted by Gasteiger charge is -2.47. The Labute approximate surface area is 303 Å². The van der Waals surface area contributed by atoms with E-state index in [0.717, 1.165) is 66.9 Å². The van der Waals surface area contributed by atoms with Crippen molar-refractivity contribution in [1.29, 1.82) is 0 Å². The van der Waals surface area contributed by atoms with Crippen molar-refractivity contribution in [1.82, 2.24) is 0 Å². The summed E-state index contributed by atoms with van der Waals surface area (Å²) in [6.45, 7) is 0. The molecule has 8 aromatic carbocycles. The Balaban J connectivity index is 1.40. The molecule has 3 nitrogen and oxygen atoms in total. The molecule has 1 aliphatic rings.